The Morgan fingerprint density at radius 2 is 2.21 bits per heavy atom. The summed E-state index contributed by atoms with van der Waals surface area (Å²) in [5.41, 5.74) is 4.85. The maximum atomic E-state index is 11.9. The van der Waals surface area contributed by atoms with Gasteiger partial charge >= 0.3 is 0 Å². The first kappa shape index (κ1) is 19.6. The molecule has 1 aromatic carbocycles. The predicted molar refractivity (Wildman–Crippen MR) is 109 cm³/mol. The second kappa shape index (κ2) is 10.3. The fourth-order valence-electron chi connectivity index (χ4n) is 2.32. The van der Waals surface area contributed by atoms with Crippen LogP contribution in [0.1, 0.15) is 18.1 Å². The van der Waals surface area contributed by atoms with Gasteiger partial charge in [0.05, 0.1) is 18.2 Å². The van der Waals surface area contributed by atoms with Crippen LogP contribution in [-0.4, -0.2) is 49.4 Å². The van der Waals surface area contributed by atoms with Crippen molar-refractivity contribution in [2.24, 2.45) is 5.10 Å². The summed E-state index contributed by atoms with van der Waals surface area (Å²) < 4.78 is 1.81. The zero-order chi connectivity index (χ0) is 19.6. The summed E-state index contributed by atoms with van der Waals surface area (Å²) in [6, 6.07) is 10.0. The number of hydrogen-bond acceptors (Lipinski definition) is 7. The Hall–Kier alpha value is -3.14. The first-order valence-corrected chi connectivity index (χ1v) is 9.89. The Bertz CT molecular complexity index is 905. The number of rotatable bonds is 10. The highest BCUT2D eigenvalue weighted by Gasteiger charge is 2.07. The molecule has 10 heteroatoms. The lowest BCUT2D eigenvalue weighted by Crippen LogP contribution is -2.27. The minimum absolute atomic E-state index is 0.0498. The number of aryl methyl sites for hydroxylation is 1. The van der Waals surface area contributed by atoms with Crippen LogP contribution in [-0.2, 0) is 17.8 Å². The zero-order valence-corrected chi connectivity index (χ0v) is 16.3. The monoisotopic (exact) mass is 398 g/mol. The molecule has 28 heavy (non-hydrogen) atoms. The molecule has 0 atom stereocenters. The quantitative estimate of drug-likeness (QED) is 0.273. The van der Waals surface area contributed by atoms with E-state index in [2.05, 4.69) is 36.1 Å². The van der Waals surface area contributed by atoms with Gasteiger partial charge in [0.2, 0.25) is 17.0 Å². The highest BCUT2D eigenvalue weighted by molar-refractivity contribution is 7.99. The average Bonchev–Trinajstić information content (AvgIpc) is 3.37. The van der Waals surface area contributed by atoms with Gasteiger partial charge < -0.3 is 5.32 Å². The van der Waals surface area contributed by atoms with Crippen molar-refractivity contribution in [3.63, 3.8) is 0 Å². The molecule has 0 fully saturated rings. The van der Waals surface area contributed by atoms with E-state index in [-0.39, 0.29) is 11.7 Å². The van der Waals surface area contributed by atoms with Gasteiger partial charge in [-0.3, -0.25) is 9.48 Å². The Labute approximate surface area is 167 Å². The summed E-state index contributed by atoms with van der Waals surface area (Å²) in [5.74, 6) is 0.614. The maximum absolute atomic E-state index is 11.9. The first-order chi connectivity index (χ1) is 13.7. The fraction of sp³-hybridized carbons (Fsp3) is 0.278. The van der Waals surface area contributed by atoms with Gasteiger partial charge in [-0.15, -0.1) is 5.10 Å². The largest absolute Gasteiger partial charge is 0.355 e. The summed E-state index contributed by atoms with van der Waals surface area (Å²) >= 11 is 1.26. The summed E-state index contributed by atoms with van der Waals surface area (Å²) in [5, 5.41) is 18.4. The van der Waals surface area contributed by atoms with E-state index in [0.29, 0.717) is 17.6 Å². The molecule has 0 aliphatic heterocycles. The molecule has 0 saturated heterocycles. The Morgan fingerprint density at radius 1 is 1.36 bits per heavy atom. The molecule has 0 bridgehead atoms. The normalized spacial score (nSPS) is 11.0. The molecule has 3 rings (SSSR count). The molecular weight excluding hydrogens is 376 g/mol. The van der Waals surface area contributed by atoms with E-state index in [4.69, 9.17) is 0 Å². The molecule has 0 saturated carbocycles. The van der Waals surface area contributed by atoms with Crippen molar-refractivity contribution < 1.29 is 4.79 Å². The molecule has 0 radical (unpaired) electrons. The van der Waals surface area contributed by atoms with E-state index < -0.39 is 0 Å². The molecule has 0 aliphatic rings. The third kappa shape index (κ3) is 6.23. The molecular formula is C18H22N8OS. The molecule has 3 aromatic rings. The molecule has 9 nitrogen and oxygen atoms in total. The van der Waals surface area contributed by atoms with Gasteiger partial charge in [0.1, 0.15) is 0 Å². The van der Waals surface area contributed by atoms with E-state index in [9.17, 15) is 4.79 Å². The number of aromatic amines is 1. The van der Waals surface area contributed by atoms with E-state index >= 15 is 0 Å². The van der Waals surface area contributed by atoms with Crippen molar-refractivity contribution in [2.45, 2.75) is 25.0 Å². The lowest BCUT2D eigenvalue weighted by Gasteiger charge is -2.04. The van der Waals surface area contributed by atoms with Crippen molar-refractivity contribution in [1.29, 1.82) is 0 Å². The van der Waals surface area contributed by atoms with E-state index in [1.54, 1.807) is 12.4 Å². The topological polar surface area (TPSA) is 113 Å². The number of thioether (sulfide) groups is 1. The van der Waals surface area contributed by atoms with Gasteiger partial charge in [-0.25, -0.2) is 10.5 Å². The van der Waals surface area contributed by atoms with E-state index in [1.165, 1.54) is 17.3 Å². The SMILES string of the molecule is CCn1cc(/C=N/Nc2nc(SCC(=O)NCCc3ccccc3)n[nH]2)cn1. The molecule has 146 valence electrons. The average molecular weight is 398 g/mol. The highest BCUT2D eigenvalue weighted by atomic mass is 32.2. The van der Waals surface area contributed by atoms with Crippen LogP contribution in [0.4, 0.5) is 5.95 Å². The van der Waals surface area contributed by atoms with Crippen molar-refractivity contribution in [3.8, 4) is 0 Å². The lowest BCUT2D eigenvalue weighted by molar-refractivity contribution is -0.118. The number of carbonyl (C=O) groups excluding carboxylic acids is 1. The second-order valence-corrected chi connectivity index (χ2v) is 6.78. The Kier molecular flexibility index (Phi) is 7.19. The summed E-state index contributed by atoms with van der Waals surface area (Å²) in [6.07, 6.45) is 6.08. The predicted octanol–water partition coefficient (Wildman–Crippen LogP) is 1.92. The molecule has 1 amide bonds. The van der Waals surface area contributed by atoms with Gasteiger partial charge in [0.15, 0.2) is 0 Å². The molecule has 0 unspecified atom stereocenters. The van der Waals surface area contributed by atoms with Crippen LogP contribution >= 0.6 is 11.8 Å². The summed E-state index contributed by atoms with van der Waals surface area (Å²) in [4.78, 5) is 16.2. The zero-order valence-electron chi connectivity index (χ0n) is 15.5. The molecule has 2 aromatic heterocycles. The number of nitrogens with zero attached hydrogens (tertiary/aromatic N) is 5. The lowest BCUT2D eigenvalue weighted by atomic mass is 10.1. The van der Waals surface area contributed by atoms with Crippen LogP contribution in [0.25, 0.3) is 0 Å². The van der Waals surface area contributed by atoms with Crippen LogP contribution in [0.3, 0.4) is 0 Å². The van der Waals surface area contributed by atoms with Gasteiger partial charge in [-0.05, 0) is 18.9 Å². The van der Waals surface area contributed by atoms with E-state index in [1.807, 2.05) is 48.1 Å². The third-order valence-electron chi connectivity index (χ3n) is 3.74. The fourth-order valence-corrected chi connectivity index (χ4v) is 2.95. The van der Waals surface area contributed by atoms with Gasteiger partial charge in [0.25, 0.3) is 0 Å². The molecule has 0 aliphatic carbocycles. The minimum Gasteiger partial charge on any atom is -0.355 e. The number of amides is 1. The Morgan fingerprint density at radius 3 is 3.00 bits per heavy atom. The number of nitrogens with one attached hydrogen (secondary N) is 3. The number of hydrogen-bond donors (Lipinski definition) is 3. The van der Waals surface area contributed by atoms with Crippen LogP contribution < -0.4 is 10.7 Å². The molecule has 3 N–H and O–H groups in total. The molecule has 0 spiro atoms. The maximum Gasteiger partial charge on any atom is 0.240 e. The van der Waals surface area contributed by atoms with Crippen LogP contribution in [0, 0.1) is 0 Å². The third-order valence-corrected chi connectivity index (χ3v) is 4.58. The van der Waals surface area contributed by atoms with Crippen molar-refractivity contribution in [1.82, 2.24) is 30.3 Å². The minimum atomic E-state index is -0.0498. The van der Waals surface area contributed by atoms with Crippen LogP contribution in [0.15, 0.2) is 53.0 Å². The molecule has 2 heterocycles. The number of anilines is 1. The highest BCUT2D eigenvalue weighted by Crippen LogP contribution is 2.13. The second-order valence-electron chi connectivity index (χ2n) is 5.84. The van der Waals surface area contributed by atoms with Crippen molar-refractivity contribution in [2.75, 3.05) is 17.7 Å². The number of H-pyrrole nitrogens is 1. The van der Waals surface area contributed by atoms with Gasteiger partial charge in [0, 0.05) is 24.8 Å². The first-order valence-electron chi connectivity index (χ1n) is 8.90. The van der Waals surface area contributed by atoms with Gasteiger partial charge in [-0.2, -0.15) is 15.2 Å². The smallest absolute Gasteiger partial charge is 0.240 e. The summed E-state index contributed by atoms with van der Waals surface area (Å²) in [6.45, 7) is 3.43. The Balaban J connectivity index is 1.36. The van der Waals surface area contributed by atoms with E-state index in [0.717, 1.165) is 18.5 Å². The summed E-state index contributed by atoms with van der Waals surface area (Å²) in [7, 11) is 0. The van der Waals surface area contributed by atoms with Crippen molar-refractivity contribution >= 4 is 29.8 Å². The van der Waals surface area contributed by atoms with Crippen LogP contribution in [0.2, 0.25) is 0 Å². The van der Waals surface area contributed by atoms with Crippen molar-refractivity contribution in [3.05, 3.63) is 53.9 Å². The van der Waals surface area contributed by atoms with Crippen LogP contribution in [0.5, 0.6) is 0 Å². The number of carbonyl (C=O) groups is 1. The number of aromatic nitrogens is 5. The number of hydrazone groups is 1. The van der Waals surface area contributed by atoms with Gasteiger partial charge in [-0.1, -0.05) is 42.1 Å². The number of benzene rings is 1. The standard InChI is InChI=1S/C18H22N8OS/c1-2-26-12-15(11-21-26)10-20-23-17-22-18(25-24-17)28-13-16(27)19-9-8-14-6-4-3-5-7-14/h3-7,10-12H,2,8-9,13H2,1H3,(H,19,27)(H2,22,23,24,25)/b20-10+.